The van der Waals surface area contributed by atoms with Crippen LogP contribution in [0.25, 0.3) is 5.69 Å². The summed E-state index contributed by atoms with van der Waals surface area (Å²) in [6.45, 7) is 2.47. The molecule has 2 aromatic heterocycles. The summed E-state index contributed by atoms with van der Waals surface area (Å²) in [6, 6.07) is 13.5. The summed E-state index contributed by atoms with van der Waals surface area (Å²) in [5.41, 5.74) is 1.14. The Balaban J connectivity index is 1.50. The third-order valence-electron chi connectivity index (χ3n) is 5.05. The van der Waals surface area contributed by atoms with E-state index in [2.05, 4.69) is 15.3 Å². The Labute approximate surface area is 163 Å². The van der Waals surface area contributed by atoms with E-state index in [4.69, 9.17) is 9.15 Å². The molecule has 1 saturated heterocycles. The van der Waals surface area contributed by atoms with Crippen molar-refractivity contribution in [3.8, 4) is 11.4 Å². The number of ether oxygens (including phenoxy) is 1. The number of methoxy groups -OCH3 is 1. The standard InChI is InChI=1S/C21H24N4O3/c1-27-19-15-25(16-8-3-2-4-9-16)23-20(19)21(26)22-14-17(18-10-7-13-28-18)24-11-5-6-12-24/h2-4,7-10,13,15,17H,5-6,11-12,14H2,1H3,(H,22,26). The molecule has 0 radical (unpaired) electrons. The van der Waals surface area contributed by atoms with E-state index in [0.717, 1.165) is 24.5 Å². The lowest BCUT2D eigenvalue weighted by atomic mass is 10.2. The SMILES string of the molecule is COc1cn(-c2ccccc2)nc1C(=O)NCC(c1ccco1)N1CCCC1. The average Bonchev–Trinajstić information content (AvgIpc) is 3.50. The minimum atomic E-state index is -0.262. The normalized spacial score (nSPS) is 15.5. The fourth-order valence-electron chi connectivity index (χ4n) is 3.59. The Kier molecular flexibility index (Phi) is 5.43. The third kappa shape index (κ3) is 3.80. The molecule has 7 heteroatoms. The lowest BCUT2D eigenvalue weighted by Gasteiger charge is -2.25. The highest BCUT2D eigenvalue weighted by Gasteiger charge is 2.27. The third-order valence-corrected chi connectivity index (χ3v) is 5.05. The van der Waals surface area contributed by atoms with Crippen LogP contribution in [0.15, 0.2) is 59.3 Å². The summed E-state index contributed by atoms with van der Waals surface area (Å²) in [5, 5.41) is 7.44. The molecule has 3 aromatic rings. The van der Waals surface area contributed by atoms with Gasteiger partial charge >= 0.3 is 0 Å². The molecule has 1 atom stereocenters. The topological polar surface area (TPSA) is 72.5 Å². The number of amides is 1. The zero-order valence-electron chi connectivity index (χ0n) is 15.9. The molecule has 0 saturated carbocycles. The second-order valence-electron chi connectivity index (χ2n) is 6.81. The fraction of sp³-hybridized carbons (Fsp3) is 0.333. The van der Waals surface area contributed by atoms with Crippen molar-refractivity contribution in [3.63, 3.8) is 0 Å². The van der Waals surface area contributed by atoms with E-state index in [1.165, 1.54) is 12.8 Å². The fourth-order valence-corrected chi connectivity index (χ4v) is 3.59. The van der Waals surface area contributed by atoms with Crippen LogP contribution in [0, 0.1) is 0 Å². The van der Waals surface area contributed by atoms with Gasteiger partial charge in [0.15, 0.2) is 11.4 Å². The van der Waals surface area contributed by atoms with Gasteiger partial charge in [-0.15, -0.1) is 0 Å². The number of nitrogens with zero attached hydrogens (tertiary/aromatic N) is 3. The molecule has 1 amide bonds. The van der Waals surface area contributed by atoms with Gasteiger partial charge in [0.1, 0.15) is 5.76 Å². The number of carbonyl (C=O) groups is 1. The van der Waals surface area contributed by atoms with Crippen LogP contribution in [0.4, 0.5) is 0 Å². The average molecular weight is 380 g/mol. The van der Waals surface area contributed by atoms with Crippen LogP contribution in [0.2, 0.25) is 0 Å². The highest BCUT2D eigenvalue weighted by Crippen LogP contribution is 2.25. The summed E-state index contributed by atoms with van der Waals surface area (Å²) < 4.78 is 12.6. The summed E-state index contributed by atoms with van der Waals surface area (Å²) in [7, 11) is 1.54. The van der Waals surface area contributed by atoms with Gasteiger partial charge in [-0.1, -0.05) is 18.2 Å². The number of nitrogens with one attached hydrogen (secondary N) is 1. The van der Waals surface area contributed by atoms with Gasteiger partial charge in [0.05, 0.1) is 31.3 Å². The monoisotopic (exact) mass is 380 g/mol. The maximum Gasteiger partial charge on any atom is 0.275 e. The number of rotatable bonds is 7. The zero-order chi connectivity index (χ0) is 19.3. The van der Waals surface area contributed by atoms with Gasteiger partial charge in [-0.25, -0.2) is 4.68 Å². The van der Waals surface area contributed by atoms with Crippen molar-refractivity contribution in [1.29, 1.82) is 0 Å². The van der Waals surface area contributed by atoms with E-state index in [1.54, 1.807) is 24.3 Å². The number of furan rings is 1. The molecule has 1 N–H and O–H groups in total. The van der Waals surface area contributed by atoms with Crippen LogP contribution in [-0.2, 0) is 0 Å². The Morgan fingerprint density at radius 1 is 1.21 bits per heavy atom. The molecule has 146 valence electrons. The Morgan fingerprint density at radius 3 is 2.68 bits per heavy atom. The van der Waals surface area contributed by atoms with Crippen molar-refractivity contribution < 1.29 is 13.9 Å². The van der Waals surface area contributed by atoms with Gasteiger partial charge in [0, 0.05) is 6.54 Å². The second-order valence-corrected chi connectivity index (χ2v) is 6.81. The maximum atomic E-state index is 12.8. The molecular weight excluding hydrogens is 356 g/mol. The van der Waals surface area contributed by atoms with Crippen molar-refractivity contribution in [1.82, 2.24) is 20.0 Å². The van der Waals surface area contributed by atoms with Crippen molar-refractivity contribution in [2.45, 2.75) is 18.9 Å². The first kappa shape index (κ1) is 18.3. The maximum absolute atomic E-state index is 12.8. The van der Waals surface area contributed by atoms with E-state index in [9.17, 15) is 4.79 Å². The Hall–Kier alpha value is -3.06. The molecule has 0 spiro atoms. The molecule has 1 aromatic carbocycles. The van der Waals surface area contributed by atoms with Gasteiger partial charge in [-0.2, -0.15) is 5.10 Å². The van der Waals surface area contributed by atoms with Crippen molar-refractivity contribution in [2.75, 3.05) is 26.7 Å². The van der Waals surface area contributed by atoms with Crippen molar-refractivity contribution in [3.05, 3.63) is 66.4 Å². The highest BCUT2D eigenvalue weighted by molar-refractivity contribution is 5.95. The number of likely N-dealkylation sites (tertiary alicyclic amines) is 1. The predicted molar refractivity (Wildman–Crippen MR) is 105 cm³/mol. The molecule has 0 bridgehead atoms. The molecular formula is C21H24N4O3. The van der Waals surface area contributed by atoms with E-state index in [-0.39, 0.29) is 17.6 Å². The van der Waals surface area contributed by atoms with Crippen LogP contribution in [0.3, 0.4) is 0 Å². The molecule has 3 heterocycles. The van der Waals surface area contributed by atoms with Crippen LogP contribution in [0.5, 0.6) is 5.75 Å². The van der Waals surface area contributed by atoms with Crippen LogP contribution in [0.1, 0.15) is 35.1 Å². The molecule has 4 rings (SSSR count). The van der Waals surface area contributed by atoms with Crippen LogP contribution >= 0.6 is 0 Å². The highest BCUT2D eigenvalue weighted by atomic mass is 16.5. The summed E-state index contributed by atoms with van der Waals surface area (Å²) in [4.78, 5) is 15.2. The smallest absolute Gasteiger partial charge is 0.275 e. The van der Waals surface area contributed by atoms with Crippen molar-refractivity contribution in [2.24, 2.45) is 0 Å². The minimum Gasteiger partial charge on any atom is -0.493 e. The Bertz CT molecular complexity index is 899. The van der Waals surface area contributed by atoms with E-state index < -0.39 is 0 Å². The number of hydrogen-bond donors (Lipinski definition) is 1. The molecule has 0 aliphatic carbocycles. The zero-order valence-corrected chi connectivity index (χ0v) is 15.9. The molecule has 1 aliphatic rings. The van der Waals surface area contributed by atoms with Gasteiger partial charge < -0.3 is 14.5 Å². The predicted octanol–water partition coefficient (Wildman–Crippen LogP) is 3.04. The van der Waals surface area contributed by atoms with E-state index >= 15 is 0 Å². The molecule has 1 aliphatic heterocycles. The molecule has 28 heavy (non-hydrogen) atoms. The van der Waals surface area contributed by atoms with Crippen LogP contribution in [-0.4, -0.2) is 47.3 Å². The molecule has 7 nitrogen and oxygen atoms in total. The van der Waals surface area contributed by atoms with Gasteiger partial charge in [0.2, 0.25) is 0 Å². The van der Waals surface area contributed by atoms with E-state index in [1.807, 2.05) is 42.5 Å². The van der Waals surface area contributed by atoms with Gasteiger partial charge in [-0.3, -0.25) is 9.69 Å². The summed E-state index contributed by atoms with van der Waals surface area (Å²) >= 11 is 0. The summed E-state index contributed by atoms with van der Waals surface area (Å²) in [6.07, 6.45) is 5.72. The lowest BCUT2D eigenvalue weighted by molar-refractivity contribution is 0.0925. The molecule has 1 fully saturated rings. The first-order chi connectivity index (χ1) is 13.8. The van der Waals surface area contributed by atoms with Gasteiger partial charge in [-0.05, 0) is 50.2 Å². The first-order valence-corrected chi connectivity index (χ1v) is 9.51. The number of hydrogen-bond acceptors (Lipinski definition) is 5. The van der Waals surface area contributed by atoms with Crippen LogP contribution < -0.4 is 10.1 Å². The first-order valence-electron chi connectivity index (χ1n) is 9.51. The number of para-hydroxylation sites is 1. The number of carbonyl (C=O) groups excluding carboxylic acids is 1. The minimum absolute atomic E-state index is 0.0173. The molecule has 1 unspecified atom stereocenters. The van der Waals surface area contributed by atoms with E-state index in [0.29, 0.717) is 12.3 Å². The number of benzene rings is 1. The second kappa shape index (κ2) is 8.31. The van der Waals surface area contributed by atoms with Crippen molar-refractivity contribution >= 4 is 5.91 Å². The quantitative estimate of drug-likeness (QED) is 0.682. The Morgan fingerprint density at radius 2 is 2.00 bits per heavy atom. The lowest BCUT2D eigenvalue weighted by Crippen LogP contribution is -2.36. The number of aromatic nitrogens is 2. The largest absolute Gasteiger partial charge is 0.493 e. The summed E-state index contributed by atoms with van der Waals surface area (Å²) in [5.74, 6) is 1.04. The van der Waals surface area contributed by atoms with Gasteiger partial charge in [0.25, 0.3) is 5.91 Å².